The van der Waals surface area contributed by atoms with Gasteiger partial charge < -0.3 is 39.1 Å². The molecule has 3 amide bonds. The van der Waals surface area contributed by atoms with Crippen molar-refractivity contribution >= 4 is 52.8 Å². The van der Waals surface area contributed by atoms with Crippen molar-refractivity contribution in [1.82, 2.24) is 44.0 Å². The molecule has 0 saturated carbocycles. The van der Waals surface area contributed by atoms with E-state index in [1.165, 1.54) is 35.0 Å². The number of carbonyl (C=O) groups is 8. The number of carbonyl (C=O) groups excluding carboxylic acids is 8. The standard InChI is InChI=1S/C21H29N3O4.C20H27N3O5.C19H25N3O4/c1-7-9-23-14(5)11-16(22-23)18(25)12-17-19(13(3)4)20(26)24(17)15(6)21(27)28-10-8-2;1-6-8-22-12(3)10-15(21-22)17(25)11-16-18(14(5)24)19(26)23(16)13(4)20(27)28-9-7-2;1-5-7-21-11(3)9-14(20-21)13-10-15-16(12(4)23)18(24)22(15)17(13)19(25)26-8-6-2/h8,11,13,17,19H,2,6-7,9-10,12H2,1,3-5H3;7,10,14,16,18,24H,2,4,6,8-9,11H2,1,3,5H3;6,9,12,15-16,23H,2,5,7-8,10H2,1,3-4H3/t17-,19-;14-,16-,18-;12-,15-,16-/m111/s1. The zero-order valence-electron chi connectivity index (χ0n) is 49.1. The van der Waals surface area contributed by atoms with E-state index in [-0.39, 0.29) is 91.0 Å². The van der Waals surface area contributed by atoms with Gasteiger partial charge in [-0.3, -0.25) is 38.0 Å². The second kappa shape index (κ2) is 28.7. The molecule has 0 aliphatic carbocycles. The summed E-state index contributed by atoms with van der Waals surface area (Å²) in [6.45, 7) is 39.0. The molecule has 8 atom stereocenters. The average molecular weight is 1140 g/mol. The smallest absolute Gasteiger partial charge is 0.355 e. The van der Waals surface area contributed by atoms with Crippen molar-refractivity contribution in [3.63, 3.8) is 0 Å². The predicted molar refractivity (Wildman–Crippen MR) is 304 cm³/mol. The van der Waals surface area contributed by atoms with Crippen LogP contribution in [0.15, 0.2) is 86.4 Å². The van der Waals surface area contributed by atoms with E-state index >= 15 is 0 Å². The van der Waals surface area contributed by atoms with Crippen LogP contribution in [0, 0.1) is 44.4 Å². The summed E-state index contributed by atoms with van der Waals surface area (Å²) in [4.78, 5) is 104. The summed E-state index contributed by atoms with van der Waals surface area (Å²) in [5, 5.41) is 33.2. The Balaban J connectivity index is 0.000000226. The highest BCUT2D eigenvalue weighted by Crippen LogP contribution is 2.47. The fourth-order valence-electron chi connectivity index (χ4n) is 10.7. The maximum Gasteiger partial charge on any atom is 0.355 e. The number of aliphatic hydroxyl groups excluding tert-OH is 2. The number of fused-ring (bicyclic) bond motifs is 1. The number of hydrogen-bond acceptors (Lipinski definition) is 16. The summed E-state index contributed by atoms with van der Waals surface area (Å²) in [7, 11) is 0. The Morgan fingerprint density at radius 1 is 0.610 bits per heavy atom. The molecule has 0 radical (unpaired) electrons. The fourth-order valence-corrected chi connectivity index (χ4v) is 10.7. The first-order valence-corrected chi connectivity index (χ1v) is 27.9. The fraction of sp³-hybridized carbons (Fsp3) is 0.517. The van der Waals surface area contributed by atoms with Crippen LogP contribution in [-0.4, -0.2) is 152 Å². The first-order valence-electron chi connectivity index (χ1n) is 27.9. The summed E-state index contributed by atoms with van der Waals surface area (Å²) in [5.74, 6) is -4.91. The predicted octanol–water partition coefficient (Wildman–Crippen LogP) is 6.18. The van der Waals surface area contributed by atoms with Gasteiger partial charge in [0.1, 0.15) is 48.3 Å². The lowest BCUT2D eigenvalue weighted by Gasteiger charge is -2.48. The molecule has 3 aromatic heterocycles. The van der Waals surface area contributed by atoms with E-state index in [1.807, 2.05) is 63.9 Å². The van der Waals surface area contributed by atoms with Crippen LogP contribution in [-0.2, 0) is 62.6 Å². The Bertz CT molecular complexity index is 2860. The monoisotopic (exact) mass is 1140 g/mol. The van der Waals surface area contributed by atoms with Gasteiger partial charge in [0.05, 0.1) is 53.8 Å². The molecule has 3 saturated heterocycles. The van der Waals surface area contributed by atoms with Crippen molar-refractivity contribution in [1.29, 1.82) is 0 Å². The molecular formula is C60H81N9O13. The Morgan fingerprint density at radius 3 is 1.43 bits per heavy atom. The largest absolute Gasteiger partial charge is 0.457 e. The Kier molecular flexibility index (Phi) is 22.8. The summed E-state index contributed by atoms with van der Waals surface area (Å²) < 4.78 is 20.6. The second-order valence-corrected chi connectivity index (χ2v) is 21.2. The van der Waals surface area contributed by atoms with Gasteiger partial charge in [-0.1, -0.05) is 85.7 Å². The van der Waals surface area contributed by atoms with Crippen LogP contribution in [0.25, 0.3) is 5.57 Å². The number of hydrogen-bond donors (Lipinski definition) is 2. The van der Waals surface area contributed by atoms with E-state index in [1.54, 1.807) is 23.7 Å². The van der Waals surface area contributed by atoms with Gasteiger partial charge in [-0.15, -0.1) is 0 Å². The molecule has 0 bridgehead atoms. The van der Waals surface area contributed by atoms with Crippen molar-refractivity contribution in [3.05, 3.63) is 121 Å². The minimum atomic E-state index is -0.960. The first kappa shape index (κ1) is 65.0. The van der Waals surface area contributed by atoms with Gasteiger partial charge in [0.2, 0.25) is 17.7 Å². The zero-order valence-corrected chi connectivity index (χ0v) is 49.1. The van der Waals surface area contributed by atoms with Gasteiger partial charge in [-0.25, -0.2) is 14.4 Å². The number of esters is 3. The molecule has 2 N–H and O–H groups in total. The van der Waals surface area contributed by atoms with Gasteiger partial charge in [0.15, 0.2) is 11.6 Å². The van der Waals surface area contributed by atoms with Crippen LogP contribution in [0.1, 0.15) is 131 Å². The number of rotatable bonds is 27. The second-order valence-electron chi connectivity index (χ2n) is 21.2. The third-order valence-electron chi connectivity index (χ3n) is 14.7. The Hall–Kier alpha value is -7.85. The number of ketones is 2. The van der Waals surface area contributed by atoms with E-state index in [4.69, 9.17) is 14.2 Å². The molecule has 0 aromatic carbocycles. The highest BCUT2D eigenvalue weighted by Gasteiger charge is 2.58. The number of Topliss-reactive ketones (excluding diaryl/α,β-unsaturated/α-hetero) is 2. The summed E-state index contributed by atoms with van der Waals surface area (Å²) in [6, 6.07) is 4.06. The van der Waals surface area contributed by atoms with Gasteiger partial charge >= 0.3 is 17.9 Å². The normalized spacial score (nSPS) is 20.4. The van der Waals surface area contributed by atoms with E-state index in [0.717, 1.165) is 54.3 Å². The number of likely N-dealkylation sites (tertiary alicyclic amines) is 2. The molecule has 7 rings (SSSR count). The summed E-state index contributed by atoms with van der Waals surface area (Å²) in [5.41, 5.74) is 4.92. The first-order chi connectivity index (χ1) is 38.8. The van der Waals surface area contributed by atoms with E-state index < -0.39 is 59.9 Å². The van der Waals surface area contributed by atoms with Gasteiger partial charge in [0.25, 0.3) is 0 Å². The van der Waals surface area contributed by atoms with Crippen molar-refractivity contribution in [3.8, 4) is 0 Å². The molecule has 4 aliphatic rings. The van der Waals surface area contributed by atoms with E-state index in [0.29, 0.717) is 35.6 Å². The third kappa shape index (κ3) is 14.1. The lowest BCUT2D eigenvalue weighted by Crippen LogP contribution is -2.64. The lowest BCUT2D eigenvalue weighted by molar-refractivity contribution is -0.164. The minimum absolute atomic E-state index is 0.0164. The molecule has 0 unspecified atom stereocenters. The van der Waals surface area contributed by atoms with Crippen molar-refractivity contribution in [2.45, 2.75) is 158 Å². The molecule has 22 nitrogen and oxygen atoms in total. The zero-order chi connectivity index (χ0) is 61.0. The van der Waals surface area contributed by atoms with Crippen LogP contribution >= 0.6 is 0 Å². The van der Waals surface area contributed by atoms with Crippen LogP contribution in [0.3, 0.4) is 0 Å². The third-order valence-corrected chi connectivity index (χ3v) is 14.7. The molecule has 3 aromatic rings. The van der Waals surface area contributed by atoms with Crippen LogP contribution < -0.4 is 0 Å². The molecule has 4 aliphatic heterocycles. The van der Waals surface area contributed by atoms with Crippen LogP contribution in [0.5, 0.6) is 0 Å². The maximum atomic E-state index is 12.8. The minimum Gasteiger partial charge on any atom is -0.457 e. The Morgan fingerprint density at radius 2 is 1.01 bits per heavy atom. The topological polar surface area (TPSA) is 268 Å². The number of nitrogens with zero attached hydrogens (tertiary/aromatic N) is 9. The van der Waals surface area contributed by atoms with Crippen LogP contribution in [0.2, 0.25) is 0 Å². The quantitative estimate of drug-likeness (QED) is 0.0215. The Labute approximate surface area is 479 Å². The highest BCUT2D eigenvalue weighted by molar-refractivity contribution is 6.07. The molecule has 3 fully saturated rings. The SMILES string of the molecule is C=CCOC(=O)C(=C)N1C(=O)[C@H](C(C)C)[C@H]1CC(=O)c1cc(C)n(CCC)n1.C=CCOC(=O)C(=C)N1C(=O)[C@H]([C@@H](C)O)[C@H]1CC(=O)c1cc(C)n(CCC)n1.C=CCOC(=O)C1=C(c2cc(C)n(CCC)n2)C[C@@H]2[C@@H]([C@@H](C)O)C(=O)N12. The number of ether oxygens (including phenoxy) is 3. The molecule has 82 heavy (non-hydrogen) atoms. The molecule has 7 heterocycles. The average Bonchev–Trinajstić information content (AvgIpc) is 3.44. The van der Waals surface area contributed by atoms with Gasteiger partial charge in [0, 0.05) is 55.1 Å². The van der Waals surface area contributed by atoms with E-state index in [9.17, 15) is 48.6 Å². The number of aliphatic hydroxyl groups is 2. The van der Waals surface area contributed by atoms with E-state index in [2.05, 4.69) is 55.1 Å². The van der Waals surface area contributed by atoms with Crippen LogP contribution in [0.4, 0.5) is 0 Å². The lowest BCUT2D eigenvalue weighted by atomic mass is 9.76. The number of aromatic nitrogens is 6. The van der Waals surface area contributed by atoms with Crippen molar-refractivity contribution < 1.29 is 62.8 Å². The molecule has 22 heteroatoms. The molecule has 0 spiro atoms. The van der Waals surface area contributed by atoms with Gasteiger partial charge in [-0.05, 0) is 84.4 Å². The van der Waals surface area contributed by atoms with Crippen molar-refractivity contribution in [2.75, 3.05) is 19.8 Å². The molecule has 444 valence electrons. The summed E-state index contributed by atoms with van der Waals surface area (Å²) >= 11 is 0. The highest BCUT2D eigenvalue weighted by atomic mass is 16.5. The van der Waals surface area contributed by atoms with Crippen molar-refractivity contribution in [2.24, 2.45) is 23.7 Å². The summed E-state index contributed by atoms with van der Waals surface area (Å²) in [6.07, 6.45) is 5.87. The maximum absolute atomic E-state index is 12.8. The number of amides is 3. The molecular weight excluding hydrogens is 1050 g/mol. The number of β-lactam (4-membered cyclic amide) rings is 3. The number of aryl methyl sites for hydroxylation is 6. The van der Waals surface area contributed by atoms with Gasteiger partial charge in [-0.2, -0.15) is 15.3 Å².